The number of benzene rings is 1. The maximum Gasteiger partial charge on any atom is 0.227 e. The largest absolute Gasteiger partial charge is 0.378 e. The molecule has 0 aliphatic carbocycles. The standard InChI is InChI=1S/C17H24N2O2/c20-17(19-9-11-21-12-10-19)16-7-4-8-18(14-16)13-15-5-2-1-3-6-15/h1-3,5-6,16H,4,7-14H2/t16-/m1/s1. The summed E-state index contributed by atoms with van der Waals surface area (Å²) in [5, 5.41) is 0. The number of carbonyl (C=O) groups is 1. The number of nitrogens with zero attached hydrogens (tertiary/aromatic N) is 2. The van der Waals surface area contributed by atoms with Crippen LogP contribution in [0.25, 0.3) is 0 Å². The Kier molecular flexibility index (Phi) is 4.88. The molecule has 1 atom stereocenters. The topological polar surface area (TPSA) is 32.8 Å². The van der Waals surface area contributed by atoms with E-state index in [1.807, 2.05) is 11.0 Å². The van der Waals surface area contributed by atoms with Crippen LogP contribution in [0, 0.1) is 5.92 Å². The van der Waals surface area contributed by atoms with Crippen LogP contribution in [0.2, 0.25) is 0 Å². The van der Waals surface area contributed by atoms with E-state index in [9.17, 15) is 4.79 Å². The zero-order chi connectivity index (χ0) is 14.5. The average molecular weight is 288 g/mol. The number of likely N-dealkylation sites (tertiary alicyclic amines) is 1. The molecule has 2 aliphatic rings. The molecule has 2 saturated heterocycles. The Balaban J connectivity index is 1.56. The van der Waals surface area contributed by atoms with Crippen molar-refractivity contribution in [1.82, 2.24) is 9.80 Å². The molecule has 2 heterocycles. The summed E-state index contributed by atoms with van der Waals surface area (Å²) in [6.45, 7) is 5.83. The van der Waals surface area contributed by atoms with Crippen molar-refractivity contribution in [2.45, 2.75) is 19.4 Å². The first-order valence-electron chi connectivity index (χ1n) is 7.96. The number of ether oxygens (including phenoxy) is 1. The van der Waals surface area contributed by atoms with Gasteiger partial charge < -0.3 is 9.64 Å². The Bertz CT molecular complexity index is 457. The van der Waals surface area contributed by atoms with E-state index in [0.29, 0.717) is 19.1 Å². The zero-order valence-corrected chi connectivity index (χ0v) is 12.5. The van der Waals surface area contributed by atoms with Crippen LogP contribution in [0.1, 0.15) is 18.4 Å². The Morgan fingerprint density at radius 1 is 1.14 bits per heavy atom. The molecule has 0 unspecified atom stereocenters. The molecule has 1 aromatic rings. The highest BCUT2D eigenvalue weighted by atomic mass is 16.5. The molecule has 0 aromatic heterocycles. The number of amides is 1. The lowest BCUT2D eigenvalue weighted by Crippen LogP contribution is -2.48. The number of rotatable bonds is 3. The van der Waals surface area contributed by atoms with E-state index in [1.54, 1.807) is 0 Å². The summed E-state index contributed by atoms with van der Waals surface area (Å²) in [6, 6.07) is 10.5. The number of carbonyl (C=O) groups excluding carboxylic acids is 1. The summed E-state index contributed by atoms with van der Waals surface area (Å²) in [5.41, 5.74) is 1.33. The first-order chi connectivity index (χ1) is 10.3. The third-order valence-corrected chi connectivity index (χ3v) is 4.43. The number of hydrogen-bond acceptors (Lipinski definition) is 3. The van der Waals surface area contributed by atoms with Crippen molar-refractivity contribution in [2.75, 3.05) is 39.4 Å². The molecule has 114 valence electrons. The van der Waals surface area contributed by atoms with Gasteiger partial charge in [0.15, 0.2) is 0 Å². The monoisotopic (exact) mass is 288 g/mol. The van der Waals surface area contributed by atoms with Crippen molar-refractivity contribution in [3.05, 3.63) is 35.9 Å². The van der Waals surface area contributed by atoms with Crippen molar-refractivity contribution in [2.24, 2.45) is 5.92 Å². The van der Waals surface area contributed by atoms with Gasteiger partial charge in [0.25, 0.3) is 0 Å². The predicted octanol–water partition coefficient (Wildman–Crippen LogP) is 1.76. The summed E-state index contributed by atoms with van der Waals surface area (Å²) in [6.07, 6.45) is 2.15. The fourth-order valence-corrected chi connectivity index (χ4v) is 3.28. The summed E-state index contributed by atoms with van der Waals surface area (Å²) < 4.78 is 5.33. The Hall–Kier alpha value is -1.39. The van der Waals surface area contributed by atoms with E-state index in [4.69, 9.17) is 4.74 Å². The smallest absolute Gasteiger partial charge is 0.227 e. The minimum absolute atomic E-state index is 0.167. The van der Waals surface area contributed by atoms with E-state index >= 15 is 0 Å². The highest BCUT2D eigenvalue weighted by Gasteiger charge is 2.29. The molecular formula is C17H24N2O2. The van der Waals surface area contributed by atoms with Gasteiger partial charge in [-0.15, -0.1) is 0 Å². The van der Waals surface area contributed by atoms with Crippen LogP contribution >= 0.6 is 0 Å². The van der Waals surface area contributed by atoms with Crippen molar-refractivity contribution in [3.63, 3.8) is 0 Å². The first kappa shape index (κ1) is 14.5. The van der Waals surface area contributed by atoms with Crippen molar-refractivity contribution < 1.29 is 9.53 Å². The molecule has 0 bridgehead atoms. The van der Waals surface area contributed by atoms with E-state index < -0.39 is 0 Å². The van der Waals surface area contributed by atoms with Crippen LogP contribution < -0.4 is 0 Å². The second-order valence-corrected chi connectivity index (χ2v) is 6.00. The first-order valence-corrected chi connectivity index (χ1v) is 7.96. The van der Waals surface area contributed by atoms with Gasteiger partial charge in [0.2, 0.25) is 5.91 Å². The Morgan fingerprint density at radius 3 is 2.67 bits per heavy atom. The lowest BCUT2D eigenvalue weighted by Gasteiger charge is -2.36. The molecule has 2 fully saturated rings. The van der Waals surface area contributed by atoms with Crippen LogP contribution in [0.3, 0.4) is 0 Å². The molecule has 0 saturated carbocycles. The van der Waals surface area contributed by atoms with E-state index in [2.05, 4.69) is 29.2 Å². The number of morpholine rings is 1. The van der Waals surface area contributed by atoms with Crippen LogP contribution in [0.4, 0.5) is 0 Å². The van der Waals surface area contributed by atoms with E-state index in [-0.39, 0.29) is 5.92 Å². The van der Waals surface area contributed by atoms with Gasteiger partial charge in [-0.3, -0.25) is 9.69 Å². The highest BCUT2D eigenvalue weighted by Crippen LogP contribution is 2.21. The quantitative estimate of drug-likeness (QED) is 0.849. The van der Waals surface area contributed by atoms with E-state index in [0.717, 1.165) is 45.6 Å². The van der Waals surface area contributed by atoms with Crippen LogP contribution in [0.5, 0.6) is 0 Å². The van der Waals surface area contributed by atoms with Gasteiger partial charge in [0.1, 0.15) is 0 Å². The molecule has 4 heteroatoms. The van der Waals surface area contributed by atoms with Crippen molar-refractivity contribution in [1.29, 1.82) is 0 Å². The SMILES string of the molecule is O=C([C@@H]1CCCN(Cc2ccccc2)C1)N1CCOCC1. The third kappa shape index (κ3) is 3.83. The predicted molar refractivity (Wildman–Crippen MR) is 81.8 cm³/mol. The molecular weight excluding hydrogens is 264 g/mol. The van der Waals surface area contributed by atoms with Gasteiger partial charge in [-0.25, -0.2) is 0 Å². The molecule has 0 spiro atoms. The second-order valence-electron chi connectivity index (χ2n) is 6.00. The summed E-state index contributed by atoms with van der Waals surface area (Å²) in [5.74, 6) is 0.497. The van der Waals surface area contributed by atoms with Gasteiger partial charge in [0.05, 0.1) is 19.1 Å². The summed E-state index contributed by atoms with van der Waals surface area (Å²) in [4.78, 5) is 17.0. The summed E-state index contributed by atoms with van der Waals surface area (Å²) >= 11 is 0. The average Bonchev–Trinajstić information content (AvgIpc) is 2.56. The maximum atomic E-state index is 12.6. The molecule has 4 nitrogen and oxygen atoms in total. The molecule has 1 aromatic carbocycles. The molecule has 2 aliphatic heterocycles. The lowest BCUT2D eigenvalue weighted by atomic mass is 9.96. The normalized spacial score (nSPS) is 24.0. The van der Waals surface area contributed by atoms with Crippen LogP contribution in [-0.4, -0.2) is 55.1 Å². The van der Waals surface area contributed by atoms with Crippen LogP contribution in [0.15, 0.2) is 30.3 Å². The van der Waals surface area contributed by atoms with Gasteiger partial charge in [-0.1, -0.05) is 30.3 Å². The van der Waals surface area contributed by atoms with Crippen LogP contribution in [-0.2, 0) is 16.1 Å². The minimum Gasteiger partial charge on any atom is -0.378 e. The number of hydrogen-bond donors (Lipinski definition) is 0. The minimum atomic E-state index is 0.167. The van der Waals surface area contributed by atoms with Gasteiger partial charge in [0, 0.05) is 26.2 Å². The van der Waals surface area contributed by atoms with Crippen molar-refractivity contribution >= 4 is 5.91 Å². The molecule has 21 heavy (non-hydrogen) atoms. The third-order valence-electron chi connectivity index (χ3n) is 4.43. The number of piperidine rings is 1. The summed E-state index contributed by atoms with van der Waals surface area (Å²) in [7, 11) is 0. The van der Waals surface area contributed by atoms with Gasteiger partial charge in [-0.2, -0.15) is 0 Å². The Labute approximate surface area is 126 Å². The van der Waals surface area contributed by atoms with Gasteiger partial charge in [-0.05, 0) is 24.9 Å². The van der Waals surface area contributed by atoms with E-state index in [1.165, 1.54) is 5.56 Å². The lowest BCUT2D eigenvalue weighted by molar-refractivity contribution is -0.141. The molecule has 0 radical (unpaired) electrons. The fraction of sp³-hybridized carbons (Fsp3) is 0.588. The molecule has 1 amide bonds. The maximum absolute atomic E-state index is 12.6. The Morgan fingerprint density at radius 2 is 1.90 bits per heavy atom. The highest BCUT2D eigenvalue weighted by molar-refractivity contribution is 5.79. The zero-order valence-electron chi connectivity index (χ0n) is 12.5. The molecule has 3 rings (SSSR count). The van der Waals surface area contributed by atoms with Gasteiger partial charge >= 0.3 is 0 Å². The fourth-order valence-electron chi connectivity index (χ4n) is 3.28. The second kappa shape index (κ2) is 7.05. The van der Waals surface area contributed by atoms with Crippen molar-refractivity contribution in [3.8, 4) is 0 Å². The molecule has 0 N–H and O–H groups in total.